The van der Waals surface area contributed by atoms with Crippen LogP contribution < -0.4 is 5.32 Å². The third-order valence-electron chi connectivity index (χ3n) is 5.65. The molecule has 4 rings (SSSR count). The van der Waals surface area contributed by atoms with Gasteiger partial charge in [-0.3, -0.25) is 14.9 Å². The molecular formula is C26H22ClN3O6S. The Bertz CT molecular complexity index is 1460. The van der Waals surface area contributed by atoms with Crippen molar-refractivity contribution in [3.05, 3.63) is 72.8 Å². The molecule has 0 aliphatic heterocycles. The fourth-order valence-corrected chi connectivity index (χ4v) is 5.45. The number of ether oxygens (including phenoxy) is 1. The van der Waals surface area contributed by atoms with Crippen molar-refractivity contribution in [1.29, 1.82) is 5.26 Å². The maximum atomic E-state index is 13.0. The van der Waals surface area contributed by atoms with Crippen LogP contribution in [0.15, 0.2) is 40.3 Å². The number of thiophene rings is 1. The van der Waals surface area contributed by atoms with E-state index in [2.05, 4.69) is 5.32 Å². The third kappa shape index (κ3) is 5.74. The van der Waals surface area contributed by atoms with Crippen molar-refractivity contribution in [2.75, 3.05) is 5.32 Å². The molecule has 1 aliphatic rings. The second-order valence-corrected chi connectivity index (χ2v) is 10.1. The molecule has 0 fully saturated rings. The van der Waals surface area contributed by atoms with E-state index in [-0.39, 0.29) is 28.1 Å². The van der Waals surface area contributed by atoms with Gasteiger partial charge in [0, 0.05) is 22.6 Å². The quantitative estimate of drug-likeness (QED) is 0.118. The minimum Gasteiger partial charge on any atom is -0.459 e. The summed E-state index contributed by atoms with van der Waals surface area (Å²) in [5.41, 5.74) is 1.15. The van der Waals surface area contributed by atoms with Crippen LogP contribution in [0, 0.1) is 21.4 Å². The highest BCUT2D eigenvalue weighted by Gasteiger charge is 2.28. The Morgan fingerprint density at radius 1 is 1.27 bits per heavy atom. The fraction of sp³-hybridized carbons (Fsp3) is 0.269. The SMILES string of the molecule is CC(C)OC(=O)c1c(NC(=O)C(C#N)=Cc2ccc(-c3ccc(Cl)c([N+](=O)[O-])c3)o2)sc2c1CCCC2. The molecule has 0 unspecified atom stereocenters. The number of amides is 1. The number of benzene rings is 1. The van der Waals surface area contributed by atoms with Crippen LogP contribution in [0.3, 0.4) is 0 Å². The van der Waals surface area contributed by atoms with Gasteiger partial charge in [0.2, 0.25) is 0 Å². The molecule has 0 saturated heterocycles. The van der Waals surface area contributed by atoms with Crippen LogP contribution in [0.25, 0.3) is 17.4 Å². The summed E-state index contributed by atoms with van der Waals surface area (Å²) in [7, 11) is 0. The van der Waals surface area contributed by atoms with Crippen LogP contribution in [-0.4, -0.2) is 22.9 Å². The molecule has 3 aromatic rings. The summed E-state index contributed by atoms with van der Waals surface area (Å²) < 4.78 is 11.1. The number of carbonyl (C=O) groups excluding carboxylic acids is 2. The van der Waals surface area contributed by atoms with Gasteiger partial charge in [-0.15, -0.1) is 11.3 Å². The summed E-state index contributed by atoms with van der Waals surface area (Å²) in [4.78, 5) is 37.5. The van der Waals surface area contributed by atoms with E-state index in [1.807, 2.05) is 6.07 Å². The number of anilines is 1. The lowest BCUT2D eigenvalue weighted by atomic mass is 9.95. The summed E-state index contributed by atoms with van der Waals surface area (Å²) in [5, 5.41) is 23.9. The molecule has 0 atom stereocenters. The number of esters is 1. The predicted molar refractivity (Wildman–Crippen MR) is 140 cm³/mol. The van der Waals surface area contributed by atoms with Crippen molar-refractivity contribution in [2.45, 2.75) is 45.6 Å². The van der Waals surface area contributed by atoms with Gasteiger partial charge in [-0.05, 0) is 69.4 Å². The van der Waals surface area contributed by atoms with Gasteiger partial charge in [0.15, 0.2) is 0 Å². The Hall–Kier alpha value is -3.94. The van der Waals surface area contributed by atoms with Gasteiger partial charge in [-0.1, -0.05) is 11.6 Å². The Labute approximate surface area is 221 Å². The highest BCUT2D eigenvalue weighted by molar-refractivity contribution is 7.17. The number of nitrogens with one attached hydrogen (secondary N) is 1. The number of nitro groups is 1. The first kappa shape index (κ1) is 26.1. The van der Waals surface area contributed by atoms with E-state index in [1.54, 1.807) is 26.0 Å². The minimum absolute atomic E-state index is 0.00392. The molecule has 9 nitrogen and oxygen atoms in total. The maximum Gasteiger partial charge on any atom is 0.341 e. The van der Waals surface area contributed by atoms with Gasteiger partial charge in [0.25, 0.3) is 11.6 Å². The number of carbonyl (C=O) groups is 2. The van der Waals surface area contributed by atoms with E-state index in [4.69, 9.17) is 20.8 Å². The Kier molecular flexibility index (Phi) is 7.76. The molecule has 1 aromatic carbocycles. The number of hydrogen-bond acceptors (Lipinski definition) is 8. The van der Waals surface area contributed by atoms with Crippen LogP contribution >= 0.6 is 22.9 Å². The summed E-state index contributed by atoms with van der Waals surface area (Å²) in [6, 6.07) is 9.21. The highest BCUT2D eigenvalue weighted by Crippen LogP contribution is 2.39. The zero-order valence-electron chi connectivity index (χ0n) is 20.0. The van der Waals surface area contributed by atoms with Crippen molar-refractivity contribution in [1.82, 2.24) is 0 Å². The van der Waals surface area contributed by atoms with Gasteiger partial charge < -0.3 is 14.5 Å². The molecule has 1 aliphatic carbocycles. The second kappa shape index (κ2) is 11.0. The molecule has 1 amide bonds. The number of rotatable bonds is 7. The predicted octanol–water partition coefficient (Wildman–Crippen LogP) is 6.56. The molecule has 37 heavy (non-hydrogen) atoms. The summed E-state index contributed by atoms with van der Waals surface area (Å²) in [6.07, 6.45) is 4.43. The zero-order valence-corrected chi connectivity index (χ0v) is 21.6. The molecule has 0 bridgehead atoms. The minimum atomic E-state index is -0.695. The van der Waals surface area contributed by atoms with Crippen molar-refractivity contribution >= 4 is 51.6 Å². The van der Waals surface area contributed by atoms with Crippen LogP contribution in [-0.2, 0) is 22.4 Å². The van der Waals surface area contributed by atoms with Crippen LogP contribution in [0.4, 0.5) is 10.7 Å². The topological polar surface area (TPSA) is 135 Å². The van der Waals surface area contributed by atoms with E-state index in [0.29, 0.717) is 21.9 Å². The highest BCUT2D eigenvalue weighted by atomic mass is 35.5. The number of halogens is 1. The van der Waals surface area contributed by atoms with Crippen molar-refractivity contribution in [3.63, 3.8) is 0 Å². The van der Waals surface area contributed by atoms with Gasteiger partial charge >= 0.3 is 5.97 Å². The molecule has 0 radical (unpaired) electrons. The van der Waals surface area contributed by atoms with Gasteiger partial charge in [-0.25, -0.2) is 4.79 Å². The summed E-state index contributed by atoms with van der Waals surface area (Å²) >= 11 is 7.20. The Morgan fingerprint density at radius 2 is 2.03 bits per heavy atom. The molecule has 2 heterocycles. The van der Waals surface area contributed by atoms with Gasteiger partial charge in [0.1, 0.15) is 33.2 Å². The monoisotopic (exact) mass is 539 g/mol. The Morgan fingerprint density at radius 3 is 2.73 bits per heavy atom. The van der Waals surface area contributed by atoms with Crippen molar-refractivity contribution < 1.29 is 23.7 Å². The third-order valence-corrected chi connectivity index (χ3v) is 7.18. The number of nitro benzene ring substituents is 1. The number of aryl methyl sites for hydroxylation is 1. The zero-order chi connectivity index (χ0) is 26.7. The first-order chi connectivity index (χ1) is 17.7. The van der Waals surface area contributed by atoms with E-state index < -0.39 is 16.8 Å². The lowest BCUT2D eigenvalue weighted by molar-refractivity contribution is -0.384. The standard InChI is InChI=1S/C26H22ClN3O6S/c1-14(2)35-26(32)23-18-5-3-4-6-22(18)37-25(23)29-24(31)16(13-28)11-17-8-10-21(36-17)15-7-9-19(27)20(12-15)30(33)34/h7-12,14H,3-6H2,1-2H3,(H,29,31). The smallest absolute Gasteiger partial charge is 0.341 e. The average molecular weight is 540 g/mol. The van der Waals surface area contributed by atoms with Gasteiger partial charge in [-0.2, -0.15) is 5.26 Å². The molecule has 1 N–H and O–H groups in total. The number of nitrogens with zero attached hydrogens (tertiary/aromatic N) is 2. The molecular weight excluding hydrogens is 518 g/mol. The first-order valence-corrected chi connectivity index (χ1v) is 12.7. The fourth-order valence-electron chi connectivity index (χ4n) is 4.00. The summed E-state index contributed by atoms with van der Waals surface area (Å²) in [5.74, 6) is -0.697. The number of nitriles is 1. The van der Waals surface area contributed by atoms with E-state index in [1.165, 1.54) is 35.6 Å². The summed E-state index contributed by atoms with van der Waals surface area (Å²) in [6.45, 7) is 3.51. The van der Waals surface area contributed by atoms with Crippen LogP contribution in [0.2, 0.25) is 5.02 Å². The molecule has 11 heteroatoms. The lowest BCUT2D eigenvalue weighted by Gasteiger charge is -2.14. The molecule has 190 valence electrons. The van der Waals surface area contributed by atoms with Crippen LogP contribution in [0.5, 0.6) is 0 Å². The second-order valence-electron chi connectivity index (χ2n) is 8.62. The Balaban J connectivity index is 1.60. The molecule has 0 saturated carbocycles. The number of fused-ring (bicyclic) bond motifs is 1. The maximum absolute atomic E-state index is 13.0. The average Bonchev–Trinajstić information content (AvgIpc) is 3.46. The van der Waals surface area contributed by atoms with E-state index in [0.717, 1.165) is 36.1 Å². The largest absolute Gasteiger partial charge is 0.459 e. The van der Waals surface area contributed by atoms with E-state index in [9.17, 15) is 25.0 Å². The first-order valence-electron chi connectivity index (χ1n) is 11.5. The molecule has 0 spiro atoms. The molecule has 2 aromatic heterocycles. The van der Waals surface area contributed by atoms with E-state index >= 15 is 0 Å². The number of hydrogen-bond donors (Lipinski definition) is 1. The van der Waals surface area contributed by atoms with Gasteiger partial charge in [0.05, 0.1) is 16.6 Å². The van der Waals surface area contributed by atoms with Crippen LogP contribution in [0.1, 0.15) is 53.2 Å². The lowest BCUT2D eigenvalue weighted by Crippen LogP contribution is -2.18. The van der Waals surface area contributed by atoms with Crippen molar-refractivity contribution in [2.24, 2.45) is 0 Å². The number of furan rings is 1. The normalized spacial score (nSPS) is 13.1. The van der Waals surface area contributed by atoms with Crippen molar-refractivity contribution in [3.8, 4) is 17.4 Å².